The van der Waals surface area contributed by atoms with Gasteiger partial charge in [0, 0.05) is 31.9 Å². The van der Waals surface area contributed by atoms with E-state index in [0.717, 1.165) is 9.13 Å². The molecule has 2 fully saturated rings. The molecule has 2 aliphatic rings. The van der Waals surface area contributed by atoms with Crippen LogP contribution in [-0.4, -0.2) is 53.6 Å². The monoisotopic (exact) mass is 547 g/mol. The fourth-order valence-electron chi connectivity index (χ4n) is 5.23. The Hall–Kier alpha value is -4.93. The lowest BCUT2D eigenvalue weighted by Crippen LogP contribution is -2.40. The molecule has 1 saturated heterocycles. The van der Waals surface area contributed by atoms with E-state index in [0.29, 0.717) is 17.1 Å². The Kier molecular flexibility index (Phi) is 5.75. The van der Waals surface area contributed by atoms with Gasteiger partial charge in [-0.05, 0) is 31.2 Å². The summed E-state index contributed by atoms with van der Waals surface area (Å²) in [5, 5.41) is 11.8. The van der Waals surface area contributed by atoms with Gasteiger partial charge in [-0.1, -0.05) is 6.07 Å². The molecule has 0 spiro atoms. The normalized spacial score (nSPS) is 19.7. The molecule has 0 bridgehead atoms. The number of nitrogens with one attached hydrogen (secondary N) is 1. The number of fused-ring (bicyclic) bond motifs is 2. The van der Waals surface area contributed by atoms with Crippen molar-refractivity contribution in [2.24, 2.45) is 18.9 Å². The summed E-state index contributed by atoms with van der Waals surface area (Å²) in [5.74, 6) is -3.33. The van der Waals surface area contributed by atoms with E-state index in [2.05, 4.69) is 20.3 Å². The number of anilines is 2. The molecular weight excluding hydrogens is 524 g/mol. The largest absolute Gasteiger partial charge is 0.356 e. The molecule has 1 N–H and O–H groups in total. The van der Waals surface area contributed by atoms with Gasteiger partial charge in [-0.15, -0.1) is 0 Å². The van der Waals surface area contributed by atoms with Crippen LogP contribution in [0.5, 0.6) is 0 Å². The van der Waals surface area contributed by atoms with Crippen molar-refractivity contribution in [3.8, 4) is 17.3 Å². The predicted molar refractivity (Wildman–Crippen MR) is 140 cm³/mol. The van der Waals surface area contributed by atoms with Gasteiger partial charge in [0.2, 0.25) is 5.91 Å². The summed E-state index contributed by atoms with van der Waals surface area (Å²) < 4.78 is 30.3. The molecule has 1 aliphatic heterocycles. The Labute approximate surface area is 225 Å². The summed E-state index contributed by atoms with van der Waals surface area (Å²) in [6, 6.07) is 9.54. The topological polar surface area (TPSA) is 144 Å². The third-order valence-corrected chi connectivity index (χ3v) is 7.65. The summed E-state index contributed by atoms with van der Waals surface area (Å²) in [7, 11) is 1.43. The SMILES string of the molecule is C[C@@H](C(=O)Nc1cccc(-c2ccc(N3CC4C(C3)C4(F)F)nc2)n1)n1cnc2c1c(=O)n(CC#N)c(=O)n2C. The number of amides is 1. The van der Waals surface area contributed by atoms with E-state index in [-0.39, 0.29) is 30.1 Å². The van der Waals surface area contributed by atoms with Crippen molar-refractivity contribution >= 4 is 28.7 Å². The van der Waals surface area contributed by atoms with Crippen LogP contribution in [0.1, 0.15) is 13.0 Å². The first kappa shape index (κ1) is 25.4. The number of aryl methyl sites for hydroxylation is 1. The summed E-state index contributed by atoms with van der Waals surface area (Å²) in [4.78, 5) is 53.5. The van der Waals surface area contributed by atoms with Gasteiger partial charge in [0.05, 0.1) is 29.9 Å². The van der Waals surface area contributed by atoms with E-state index in [1.807, 2.05) is 4.90 Å². The van der Waals surface area contributed by atoms with Crippen LogP contribution in [0.25, 0.3) is 22.4 Å². The van der Waals surface area contributed by atoms with Crippen LogP contribution in [0.15, 0.2) is 52.4 Å². The molecule has 2 unspecified atom stereocenters. The number of nitrogens with zero attached hydrogens (tertiary/aromatic N) is 8. The number of piperidine rings is 1. The maximum atomic E-state index is 13.5. The number of halogens is 2. The fraction of sp³-hybridized carbons (Fsp3) is 0.346. The first-order chi connectivity index (χ1) is 19.1. The molecule has 1 amide bonds. The van der Waals surface area contributed by atoms with Crippen LogP contribution in [0.3, 0.4) is 0 Å². The quantitative estimate of drug-likeness (QED) is 0.385. The summed E-state index contributed by atoms with van der Waals surface area (Å²) in [6.45, 7) is 1.71. The number of pyridine rings is 2. The minimum Gasteiger partial charge on any atom is -0.356 e. The number of alkyl halides is 2. The first-order valence-corrected chi connectivity index (χ1v) is 12.5. The Morgan fingerprint density at radius 3 is 2.62 bits per heavy atom. The van der Waals surface area contributed by atoms with Crippen molar-refractivity contribution in [1.82, 2.24) is 28.7 Å². The molecule has 3 atom stereocenters. The van der Waals surface area contributed by atoms with Crippen LogP contribution < -0.4 is 21.5 Å². The van der Waals surface area contributed by atoms with Gasteiger partial charge in [-0.3, -0.25) is 14.2 Å². The highest BCUT2D eigenvalue weighted by atomic mass is 19.3. The zero-order valence-electron chi connectivity index (χ0n) is 21.5. The molecule has 4 aromatic heterocycles. The van der Waals surface area contributed by atoms with Crippen LogP contribution in [0, 0.1) is 23.2 Å². The fourth-order valence-corrected chi connectivity index (χ4v) is 5.23. The van der Waals surface area contributed by atoms with Gasteiger partial charge in [0.25, 0.3) is 11.5 Å². The minimum absolute atomic E-state index is 0.0203. The zero-order chi connectivity index (χ0) is 28.3. The molecule has 12 nitrogen and oxygen atoms in total. The van der Waals surface area contributed by atoms with Gasteiger partial charge in [-0.25, -0.2) is 33.1 Å². The molecule has 40 heavy (non-hydrogen) atoms. The van der Waals surface area contributed by atoms with Crippen molar-refractivity contribution < 1.29 is 13.6 Å². The van der Waals surface area contributed by atoms with Crippen molar-refractivity contribution in [2.75, 3.05) is 23.3 Å². The van der Waals surface area contributed by atoms with Crippen molar-refractivity contribution in [3.05, 3.63) is 63.7 Å². The number of carbonyl (C=O) groups is 1. The van der Waals surface area contributed by atoms with E-state index in [9.17, 15) is 23.2 Å². The molecular formula is C26H23F2N9O3. The van der Waals surface area contributed by atoms with Crippen LogP contribution >= 0.6 is 0 Å². The number of nitriles is 1. The van der Waals surface area contributed by atoms with Crippen LogP contribution in [0.4, 0.5) is 20.4 Å². The molecule has 1 aliphatic carbocycles. The second kappa shape index (κ2) is 9.08. The second-order valence-corrected chi connectivity index (χ2v) is 9.99. The zero-order valence-corrected chi connectivity index (χ0v) is 21.5. The highest BCUT2D eigenvalue weighted by molar-refractivity contribution is 5.93. The number of carbonyl (C=O) groups excluding carboxylic acids is 1. The summed E-state index contributed by atoms with van der Waals surface area (Å²) in [5.41, 5.74) is -0.0486. The van der Waals surface area contributed by atoms with Crippen molar-refractivity contribution in [1.29, 1.82) is 5.26 Å². The van der Waals surface area contributed by atoms with Gasteiger partial charge >= 0.3 is 5.69 Å². The minimum atomic E-state index is -2.55. The van der Waals surface area contributed by atoms with Gasteiger partial charge in [0.1, 0.15) is 24.2 Å². The van der Waals surface area contributed by atoms with Crippen LogP contribution in [-0.2, 0) is 18.4 Å². The van der Waals surface area contributed by atoms with Crippen LogP contribution in [0.2, 0.25) is 0 Å². The van der Waals surface area contributed by atoms with Gasteiger partial charge < -0.3 is 14.8 Å². The molecule has 0 aromatic carbocycles. The average molecular weight is 548 g/mol. The standard InChI is InChI=1S/C26H23F2N9O3/c1-14(37-13-31-22-21(37)24(39)36(9-8-29)25(40)34(22)2)23(38)33-19-5-3-4-18(32-19)15-6-7-20(30-10-15)35-11-16-17(12-35)26(16,27)28/h3-7,10,13-14,16-17H,9,11-12H2,1-2H3,(H,32,33,38)/t14-,16?,17?/m0/s1. The highest BCUT2D eigenvalue weighted by Gasteiger charge is 2.71. The molecule has 1 saturated carbocycles. The highest BCUT2D eigenvalue weighted by Crippen LogP contribution is 2.59. The number of hydrogen-bond donors (Lipinski definition) is 1. The van der Waals surface area contributed by atoms with Crippen molar-refractivity contribution in [2.45, 2.75) is 25.4 Å². The molecule has 0 radical (unpaired) electrons. The second-order valence-electron chi connectivity index (χ2n) is 9.99. The summed E-state index contributed by atoms with van der Waals surface area (Å²) in [6.07, 6.45) is 2.91. The first-order valence-electron chi connectivity index (χ1n) is 12.5. The summed E-state index contributed by atoms with van der Waals surface area (Å²) >= 11 is 0. The van der Waals surface area contributed by atoms with Gasteiger partial charge in [-0.2, -0.15) is 5.26 Å². The Morgan fingerprint density at radius 2 is 1.95 bits per heavy atom. The molecule has 204 valence electrons. The maximum Gasteiger partial charge on any atom is 0.333 e. The number of rotatable bonds is 6. The Bertz CT molecular complexity index is 1810. The number of hydrogen-bond acceptors (Lipinski definition) is 8. The number of imidazole rings is 1. The van der Waals surface area contributed by atoms with Gasteiger partial charge in [0.15, 0.2) is 11.2 Å². The molecule has 6 rings (SSSR count). The van der Waals surface area contributed by atoms with E-state index in [4.69, 9.17) is 5.26 Å². The lowest BCUT2D eigenvalue weighted by Gasteiger charge is -2.20. The third kappa shape index (κ3) is 3.93. The maximum absolute atomic E-state index is 13.5. The van der Waals surface area contributed by atoms with E-state index < -0.39 is 47.5 Å². The predicted octanol–water partition coefficient (Wildman–Crippen LogP) is 1.78. The third-order valence-electron chi connectivity index (χ3n) is 7.65. The molecule has 5 heterocycles. The Balaban J connectivity index is 1.20. The molecule has 14 heteroatoms. The van der Waals surface area contributed by atoms with E-state index >= 15 is 0 Å². The van der Waals surface area contributed by atoms with E-state index in [1.165, 1.54) is 17.9 Å². The van der Waals surface area contributed by atoms with Crippen molar-refractivity contribution in [3.63, 3.8) is 0 Å². The molecule has 4 aromatic rings. The lowest BCUT2D eigenvalue weighted by molar-refractivity contribution is -0.118. The van der Waals surface area contributed by atoms with E-state index in [1.54, 1.807) is 49.5 Å². The Morgan fingerprint density at radius 1 is 1.20 bits per heavy atom. The smallest absolute Gasteiger partial charge is 0.333 e. The number of aromatic nitrogens is 6. The average Bonchev–Trinajstić information content (AvgIpc) is 3.38. The lowest BCUT2D eigenvalue weighted by atomic mass is 10.2.